The zero-order valence-electron chi connectivity index (χ0n) is 10.6. The zero-order chi connectivity index (χ0) is 11.9. The van der Waals surface area contributed by atoms with Crippen molar-refractivity contribution in [3.05, 3.63) is 34.4 Å². The smallest absolute Gasteiger partial charge is 0.141 e. The van der Waals surface area contributed by atoms with Crippen molar-refractivity contribution in [2.75, 3.05) is 0 Å². The number of fused-ring (bicyclic) bond motifs is 1. The Balaban J connectivity index is 2.58. The molecule has 0 saturated carbocycles. The number of hydrogen-bond acceptors (Lipinski definition) is 1. The molecule has 0 atom stereocenters. The number of carbonyl (C=O) groups excluding carboxylic acids is 1. The van der Waals surface area contributed by atoms with Crippen LogP contribution in [0.3, 0.4) is 0 Å². The highest BCUT2D eigenvalue weighted by Crippen LogP contribution is 2.34. The first kappa shape index (κ1) is 11.4. The van der Waals surface area contributed by atoms with E-state index < -0.39 is 0 Å². The normalized spacial score (nSPS) is 15.0. The molecule has 0 aliphatic heterocycles. The van der Waals surface area contributed by atoms with Gasteiger partial charge in [0.15, 0.2) is 0 Å². The van der Waals surface area contributed by atoms with Gasteiger partial charge in [0.05, 0.1) is 0 Å². The maximum absolute atomic E-state index is 11.6. The third-order valence-electron chi connectivity index (χ3n) is 3.50. The summed E-state index contributed by atoms with van der Waals surface area (Å²) in [6.07, 6.45) is 1.31. The summed E-state index contributed by atoms with van der Waals surface area (Å²) >= 11 is 0. The molecule has 0 amide bonds. The predicted molar refractivity (Wildman–Crippen MR) is 67.0 cm³/mol. The standard InChI is InChI=1S/C15H20O/c1-9(2)12-5-6-13(10(3)4)15-8-11(16)7-14(12)15/h5-6,9-10H,7-8H2,1-4H3. The zero-order valence-corrected chi connectivity index (χ0v) is 10.6. The van der Waals surface area contributed by atoms with Crippen LogP contribution in [-0.4, -0.2) is 5.78 Å². The van der Waals surface area contributed by atoms with Crippen LogP contribution in [0.5, 0.6) is 0 Å². The van der Waals surface area contributed by atoms with Gasteiger partial charge in [0.2, 0.25) is 0 Å². The van der Waals surface area contributed by atoms with Crippen molar-refractivity contribution in [1.82, 2.24) is 0 Å². The number of ketones is 1. The molecule has 0 heterocycles. The van der Waals surface area contributed by atoms with Crippen molar-refractivity contribution in [2.45, 2.75) is 52.4 Å². The summed E-state index contributed by atoms with van der Waals surface area (Å²) in [4.78, 5) is 11.6. The van der Waals surface area contributed by atoms with Crippen LogP contribution in [0, 0.1) is 0 Å². The highest BCUT2D eigenvalue weighted by Gasteiger charge is 2.25. The molecule has 1 aromatic rings. The lowest BCUT2D eigenvalue weighted by Crippen LogP contribution is -2.01. The molecule has 16 heavy (non-hydrogen) atoms. The fraction of sp³-hybridized carbons (Fsp3) is 0.533. The van der Waals surface area contributed by atoms with Gasteiger partial charge in [0.25, 0.3) is 0 Å². The molecule has 2 rings (SSSR count). The van der Waals surface area contributed by atoms with Crippen molar-refractivity contribution in [3.63, 3.8) is 0 Å². The number of Topliss-reactive ketones (excluding diaryl/α,β-unsaturated/α-hetero) is 1. The van der Waals surface area contributed by atoms with E-state index in [4.69, 9.17) is 0 Å². The first-order valence-corrected chi connectivity index (χ1v) is 6.17. The fourth-order valence-electron chi connectivity index (χ4n) is 2.69. The molecule has 0 spiro atoms. The minimum atomic E-state index is 0.380. The average molecular weight is 216 g/mol. The first-order chi connectivity index (χ1) is 7.50. The molecule has 1 nitrogen and oxygen atoms in total. The van der Waals surface area contributed by atoms with Gasteiger partial charge in [0, 0.05) is 12.8 Å². The summed E-state index contributed by atoms with van der Waals surface area (Å²) in [5.74, 6) is 1.41. The number of carbonyl (C=O) groups is 1. The van der Waals surface area contributed by atoms with Crippen molar-refractivity contribution in [2.24, 2.45) is 0 Å². The van der Waals surface area contributed by atoms with E-state index in [0.717, 1.165) is 0 Å². The Bertz CT molecular complexity index is 388. The largest absolute Gasteiger partial charge is 0.299 e. The van der Waals surface area contributed by atoms with Gasteiger partial charge in [-0.2, -0.15) is 0 Å². The van der Waals surface area contributed by atoms with Crippen molar-refractivity contribution >= 4 is 5.78 Å². The Hall–Kier alpha value is -1.11. The topological polar surface area (TPSA) is 17.1 Å². The third kappa shape index (κ3) is 1.79. The van der Waals surface area contributed by atoms with Crippen LogP contribution in [0.15, 0.2) is 12.1 Å². The summed E-state index contributed by atoms with van der Waals surface area (Å²) in [6, 6.07) is 4.44. The van der Waals surface area contributed by atoms with Gasteiger partial charge >= 0.3 is 0 Å². The molecule has 0 radical (unpaired) electrons. The van der Waals surface area contributed by atoms with Crippen molar-refractivity contribution < 1.29 is 4.79 Å². The van der Waals surface area contributed by atoms with Crippen LogP contribution < -0.4 is 0 Å². The summed E-state index contributed by atoms with van der Waals surface area (Å²) in [7, 11) is 0. The molecule has 1 aliphatic carbocycles. The molecule has 1 aromatic carbocycles. The third-order valence-corrected chi connectivity index (χ3v) is 3.50. The number of benzene rings is 1. The van der Waals surface area contributed by atoms with E-state index in [9.17, 15) is 4.79 Å². The van der Waals surface area contributed by atoms with Crippen molar-refractivity contribution in [3.8, 4) is 0 Å². The van der Waals surface area contributed by atoms with E-state index in [1.54, 1.807) is 0 Å². The lowest BCUT2D eigenvalue weighted by molar-refractivity contribution is -0.117. The molecule has 0 bridgehead atoms. The van der Waals surface area contributed by atoms with Gasteiger partial charge in [-0.1, -0.05) is 39.8 Å². The molecule has 0 unspecified atom stereocenters. The van der Waals surface area contributed by atoms with Gasteiger partial charge in [-0.15, -0.1) is 0 Å². The minimum absolute atomic E-state index is 0.380. The first-order valence-electron chi connectivity index (χ1n) is 6.17. The quantitative estimate of drug-likeness (QED) is 0.738. The van der Waals surface area contributed by atoms with Crippen molar-refractivity contribution in [1.29, 1.82) is 0 Å². The SMILES string of the molecule is CC(C)c1ccc(C(C)C)c2c1CC(=O)C2. The molecular formula is C15H20O. The van der Waals surface area contributed by atoms with E-state index in [0.29, 0.717) is 30.5 Å². The average Bonchev–Trinajstić information content (AvgIpc) is 2.56. The van der Waals surface area contributed by atoms with Crippen LogP contribution in [0.1, 0.15) is 61.8 Å². The Kier molecular flexibility index (Phi) is 2.88. The summed E-state index contributed by atoms with van der Waals surface area (Å²) in [6.45, 7) is 8.81. The second-order valence-electron chi connectivity index (χ2n) is 5.40. The lowest BCUT2D eigenvalue weighted by atomic mass is 9.88. The van der Waals surface area contributed by atoms with Crippen LogP contribution in [0.25, 0.3) is 0 Å². The Morgan fingerprint density at radius 3 is 1.56 bits per heavy atom. The summed E-state index contributed by atoms with van der Waals surface area (Å²) < 4.78 is 0. The maximum Gasteiger partial charge on any atom is 0.141 e. The Morgan fingerprint density at radius 2 is 1.25 bits per heavy atom. The second-order valence-corrected chi connectivity index (χ2v) is 5.40. The van der Waals surface area contributed by atoms with Gasteiger partial charge in [-0.3, -0.25) is 4.79 Å². The molecule has 0 N–H and O–H groups in total. The highest BCUT2D eigenvalue weighted by molar-refractivity contribution is 5.89. The van der Waals surface area contributed by atoms with E-state index in [2.05, 4.69) is 39.8 Å². The number of rotatable bonds is 2. The van der Waals surface area contributed by atoms with Crippen LogP contribution in [0.2, 0.25) is 0 Å². The molecular weight excluding hydrogens is 196 g/mol. The van der Waals surface area contributed by atoms with Gasteiger partial charge < -0.3 is 0 Å². The molecule has 0 aromatic heterocycles. The minimum Gasteiger partial charge on any atom is -0.299 e. The van der Waals surface area contributed by atoms with Gasteiger partial charge in [0.1, 0.15) is 5.78 Å². The fourth-order valence-corrected chi connectivity index (χ4v) is 2.69. The predicted octanol–water partition coefficient (Wildman–Crippen LogP) is 3.60. The Labute approximate surface area is 97.9 Å². The van der Waals surface area contributed by atoms with Gasteiger partial charge in [-0.25, -0.2) is 0 Å². The molecule has 0 saturated heterocycles. The maximum atomic E-state index is 11.6. The number of hydrogen-bond donors (Lipinski definition) is 0. The van der Waals surface area contributed by atoms with E-state index in [1.165, 1.54) is 22.3 Å². The molecule has 86 valence electrons. The van der Waals surface area contributed by atoms with Gasteiger partial charge in [-0.05, 0) is 34.1 Å². The molecule has 1 aliphatic rings. The molecule has 0 fully saturated rings. The van der Waals surface area contributed by atoms with Crippen LogP contribution >= 0.6 is 0 Å². The van der Waals surface area contributed by atoms with E-state index in [1.807, 2.05) is 0 Å². The van der Waals surface area contributed by atoms with Crippen LogP contribution in [0.4, 0.5) is 0 Å². The monoisotopic (exact) mass is 216 g/mol. The summed E-state index contributed by atoms with van der Waals surface area (Å²) in [5, 5.41) is 0. The lowest BCUT2D eigenvalue weighted by Gasteiger charge is -2.17. The van der Waals surface area contributed by atoms with E-state index >= 15 is 0 Å². The molecule has 1 heteroatoms. The second kappa shape index (κ2) is 4.04. The Morgan fingerprint density at radius 1 is 0.875 bits per heavy atom. The summed E-state index contributed by atoms with van der Waals surface area (Å²) in [5.41, 5.74) is 5.38. The van der Waals surface area contributed by atoms with E-state index in [-0.39, 0.29) is 0 Å². The van der Waals surface area contributed by atoms with Crippen LogP contribution in [-0.2, 0) is 17.6 Å². The highest BCUT2D eigenvalue weighted by atomic mass is 16.1.